The molecule has 1 aromatic carbocycles. The van der Waals surface area contributed by atoms with Gasteiger partial charge < -0.3 is 20.7 Å². The zero-order valence-corrected chi connectivity index (χ0v) is 19.8. The van der Waals surface area contributed by atoms with Crippen molar-refractivity contribution in [3.05, 3.63) is 57.6 Å². The lowest BCUT2D eigenvalue weighted by Crippen LogP contribution is -2.20. The van der Waals surface area contributed by atoms with Crippen molar-refractivity contribution < 1.29 is 9.53 Å². The van der Waals surface area contributed by atoms with Crippen molar-refractivity contribution in [2.75, 3.05) is 22.6 Å². The fraction of sp³-hybridized carbons (Fsp3) is 0.273. The Morgan fingerprint density at radius 3 is 2.56 bits per heavy atom. The van der Waals surface area contributed by atoms with Gasteiger partial charge in [-0.15, -0.1) is 21.5 Å². The van der Waals surface area contributed by atoms with Gasteiger partial charge in [-0.1, -0.05) is 11.6 Å². The van der Waals surface area contributed by atoms with E-state index in [1.165, 1.54) is 4.88 Å². The van der Waals surface area contributed by atoms with Crippen molar-refractivity contribution in [2.45, 2.75) is 32.6 Å². The van der Waals surface area contributed by atoms with E-state index in [-0.39, 0.29) is 5.97 Å². The highest BCUT2D eigenvalue weighted by molar-refractivity contribution is 7.80. The summed E-state index contributed by atoms with van der Waals surface area (Å²) in [6.07, 6.45) is 4.11. The summed E-state index contributed by atoms with van der Waals surface area (Å²) in [5.41, 5.74) is 3.39. The van der Waals surface area contributed by atoms with Crippen molar-refractivity contribution in [1.29, 1.82) is 0 Å². The number of fused-ring (bicyclic) bond motifs is 1. The molecule has 166 valence electrons. The van der Waals surface area contributed by atoms with E-state index in [0.717, 1.165) is 47.6 Å². The fourth-order valence-corrected chi connectivity index (χ4v) is 5.17. The second kappa shape index (κ2) is 10.2. The third-order valence-electron chi connectivity index (χ3n) is 4.93. The molecule has 0 saturated carbocycles. The number of carbonyl (C=O) groups excluding carboxylic acids is 1. The Labute approximate surface area is 200 Å². The highest BCUT2D eigenvalue weighted by Crippen LogP contribution is 2.38. The number of esters is 1. The largest absolute Gasteiger partial charge is 0.462 e. The summed E-state index contributed by atoms with van der Waals surface area (Å²) in [6.45, 7) is 2.15. The zero-order chi connectivity index (χ0) is 22.5. The number of nitrogens with zero attached hydrogens (tertiary/aromatic N) is 2. The standard InChI is InChI=1S/C22H22ClN5O2S2/c1-2-30-21(29)19-15-5-3-4-6-16(15)32-20(19)26-22(31)25-14-9-7-13(8-10-14)24-18-12-11-17(23)27-28-18/h7-12H,2-6H2,1H3,(H,24,28)(H2,25,26,31). The molecule has 3 aromatic rings. The number of thiophene rings is 1. The van der Waals surface area contributed by atoms with Gasteiger partial charge in [0.05, 0.1) is 12.2 Å². The molecule has 0 saturated heterocycles. The fourth-order valence-electron chi connectivity index (χ4n) is 3.51. The van der Waals surface area contributed by atoms with Crippen LogP contribution in [-0.2, 0) is 17.6 Å². The number of hydrogen-bond donors (Lipinski definition) is 3. The predicted molar refractivity (Wildman–Crippen MR) is 134 cm³/mol. The van der Waals surface area contributed by atoms with Crippen LogP contribution in [0.15, 0.2) is 36.4 Å². The Morgan fingerprint density at radius 2 is 1.84 bits per heavy atom. The quantitative estimate of drug-likeness (QED) is 0.297. The Hall–Kier alpha value is -2.75. The minimum absolute atomic E-state index is 0.294. The predicted octanol–water partition coefficient (Wildman–Crippen LogP) is 5.80. The molecule has 0 unspecified atom stereocenters. The molecule has 2 aromatic heterocycles. The number of nitrogens with one attached hydrogen (secondary N) is 3. The van der Waals surface area contributed by atoms with Gasteiger partial charge in [0, 0.05) is 16.3 Å². The van der Waals surface area contributed by atoms with E-state index >= 15 is 0 Å². The van der Waals surface area contributed by atoms with Crippen molar-refractivity contribution >= 4 is 68.4 Å². The number of aryl methyl sites for hydroxylation is 1. The van der Waals surface area contributed by atoms with Gasteiger partial charge in [-0.2, -0.15) is 0 Å². The lowest BCUT2D eigenvalue weighted by molar-refractivity contribution is 0.0526. The molecule has 0 radical (unpaired) electrons. The third-order valence-corrected chi connectivity index (χ3v) is 6.54. The van der Waals surface area contributed by atoms with Gasteiger partial charge >= 0.3 is 5.97 Å². The van der Waals surface area contributed by atoms with Crippen LogP contribution in [0.3, 0.4) is 0 Å². The first-order valence-corrected chi connectivity index (χ1v) is 11.9. The smallest absolute Gasteiger partial charge is 0.341 e. The van der Waals surface area contributed by atoms with Crippen molar-refractivity contribution in [3.63, 3.8) is 0 Å². The molecule has 0 aliphatic heterocycles. The first-order chi connectivity index (χ1) is 15.5. The van der Waals surface area contributed by atoms with Crippen molar-refractivity contribution in [2.24, 2.45) is 0 Å². The summed E-state index contributed by atoms with van der Waals surface area (Å²) in [4.78, 5) is 13.8. The summed E-state index contributed by atoms with van der Waals surface area (Å²) in [5.74, 6) is 0.304. The number of anilines is 4. The molecule has 10 heteroatoms. The van der Waals surface area contributed by atoms with Crippen LogP contribution in [0.2, 0.25) is 5.15 Å². The average molecular weight is 488 g/mol. The topological polar surface area (TPSA) is 88.2 Å². The second-order valence-corrected chi connectivity index (χ2v) is 9.06. The first kappa shape index (κ1) is 22.4. The number of rotatable bonds is 6. The first-order valence-electron chi connectivity index (χ1n) is 10.3. The van der Waals surface area contributed by atoms with Gasteiger partial charge in [0.15, 0.2) is 16.1 Å². The van der Waals surface area contributed by atoms with Crippen LogP contribution < -0.4 is 16.0 Å². The van der Waals surface area contributed by atoms with Crippen LogP contribution in [0.5, 0.6) is 0 Å². The molecule has 0 bridgehead atoms. The zero-order valence-electron chi connectivity index (χ0n) is 17.4. The van der Waals surface area contributed by atoms with Gasteiger partial charge in [-0.25, -0.2) is 4.79 Å². The number of carbonyl (C=O) groups is 1. The molecule has 4 rings (SSSR count). The minimum Gasteiger partial charge on any atom is -0.462 e. The summed E-state index contributed by atoms with van der Waals surface area (Å²) in [6, 6.07) is 11.0. The number of ether oxygens (including phenoxy) is 1. The molecule has 0 spiro atoms. The van der Waals surface area contributed by atoms with Gasteiger partial charge in [0.25, 0.3) is 0 Å². The molecule has 7 nitrogen and oxygen atoms in total. The molecular formula is C22H22ClN5O2S2. The van der Waals surface area contributed by atoms with Gasteiger partial charge in [0.1, 0.15) is 5.00 Å². The molecule has 2 heterocycles. The maximum absolute atomic E-state index is 12.6. The van der Waals surface area contributed by atoms with Crippen LogP contribution in [0.1, 0.15) is 40.6 Å². The van der Waals surface area contributed by atoms with Crippen LogP contribution >= 0.6 is 35.2 Å². The highest BCUT2D eigenvalue weighted by Gasteiger charge is 2.26. The Kier molecular flexibility index (Phi) is 7.19. The normalized spacial score (nSPS) is 12.6. The lowest BCUT2D eigenvalue weighted by atomic mass is 9.95. The molecule has 3 N–H and O–H groups in total. The van der Waals surface area contributed by atoms with Crippen molar-refractivity contribution in [3.8, 4) is 0 Å². The summed E-state index contributed by atoms with van der Waals surface area (Å²) >= 11 is 12.9. The van der Waals surface area contributed by atoms with Gasteiger partial charge in [0.2, 0.25) is 0 Å². The Bertz CT molecular complexity index is 1120. The summed E-state index contributed by atoms with van der Waals surface area (Å²) in [7, 11) is 0. The van der Waals surface area contributed by atoms with Crippen LogP contribution in [0, 0.1) is 0 Å². The van der Waals surface area contributed by atoms with Crippen LogP contribution in [-0.4, -0.2) is 27.9 Å². The number of benzene rings is 1. The minimum atomic E-state index is -0.294. The molecule has 0 atom stereocenters. The number of aromatic nitrogens is 2. The molecule has 0 fully saturated rings. The number of halogens is 1. The van der Waals surface area contributed by atoms with E-state index in [9.17, 15) is 4.79 Å². The van der Waals surface area contributed by atoms with E-state index in [4.69, 9.17) is 28.6 Å². The van der Waals surface area contributed by atoms with Crippen LogP contribution in [0.25, 0.3) is 0 Å². The maximum Gasteiger partial charge on any atom is 0.341 e. The van der Waals surface area contributed by atoms with E-state index in [0.29, 0.717) is 28.3 Å². The van der Waals surface area contributed by atoms with E-state index in [1.807, 2.05) is 31.2 Å². The Morgan fingerprint density at radius 1 is 1.09 bits per heavy atom. The van der Waals surface area contributed by atoms with Gasteiger partial charge in [-0.3, -0.25) is 0 Å². The maximum atomic E-state index is 12.6. The van der Waals surface area contributed by atoms with E-state index in [1.54, 1.807) is 23.5 Å². The van der Waals surface area contributed by atoms with E-state index in [2.05, 4.69) is 26.1 Å². The SMILES string of the molecule is CCOC(=O)c1c(NC(=S)Nc2ccc(Nc3ccc(Cl)nn3)cc2)sc2c1CCCC2. The van der Waals surface area contributed by atoms with Gasteiger partial charge in [-0.05, 0) is 86.8 Å². The van der Waals surface area contributed by atoms with E-state index < -0.39 is 0 Å². The molecular weight excluding hydrogens is 466 g/mol. The monoisotopic (exact) mass is 487 g/mol. The molecule has 1 aliphatic rings. The molecule has 32 heavy (non-hydrogen) atoms. The Balaban J connectivity index is 1.43. The molecule has 0 amide bonds. The van der Waals surface area contributed by atoms with Crippen molar-refractivity contribution in [1.82, 2.24) is 10.2 Å². The highest BCUT2D eigenvalue weighted by atomic mass is 35.5. The second-order valence-electron chi connectivity index (χ2n) is 7.16. The van der Waals surface area contributed by atoms with Crippen LogP contribution in [0.4, 0.5) is 22.2 Å². The lowest BCUT2D eigenvalue weighted by Gasteiger charge is -2.13. The average Bonchev–Trinajstić information content (AvgIpc) is 3.14. The molecule has 1 aliphatic carbocycles. The number of hydrogen-bond acceptors (Lipinski definition) is 7. The number of thiocarbonyl (C=S) groups is 1. The summed E-state index contributed by atoms with van der Waals surface area (Å²) < 4.78 is 5.30. The third kappa shape index (κ3) is 5.35. The summed E-state index contributed by atoms with van der Waals surface area (Å²) in [5, 5.41) is 18.8.